The highest BCUT2D eigenvalue weighted by Gasteiger charge is 2.29. The van der Waals surface area contributed by atoms with Crippen LogP contribution in [0.4, 0.5) is 5.82 Å². The highest BCUT2D eigenvalue weighted by Crippen LogP contribution is 2.24. The van der Waals surface area contributed by atoms with Crippen LogP contribution in [0.25, 0.3) is 0 Å². The van der Waals surface area contributed by atoms with E-state index in [0.29, 0.717) is 0 Å². The number of aliphatic hydroxyl groups excluding tert-OH is 2. The van der Waals surface area contributed by atoms with Gasteiger partial charge in [-0.15, -0.1) is 0 Å². The van der Waals surface area contributed by atoms with Gasteiger partial charge in [0.05, 0.1) is 0 Å². The predicted molar refractivity (Wildman–Crippen MR) is 64.1 cm³/mol. The Kier molecular flexibility index (Phi) is 3.63. The van der Waals surface area contributed by atoms with Crippen molar-refractivity contribution in [1.82, 2.24) is 9.55 Å². The Morgan fingerprint density at radius 1 is 1.63 bits per heavy atom. The number of anilines is 1. The number of ether oxygens (including phenoxy) is 1. The third-order valence-corrected chi connectivity index (χ3v) is 2.49. The molecule has 0 aromatic carbocycles. The molecule has 1 aliphatic heterocycles. The molecule has 0 spiro atoms. The largest absolute Gasteiger partial charge is 0.469 e. The number of aliphatic hydroxyl groups is 2. The summed E-state index contributed by atoms with van der Waals surface area (Å²) in [5.74, 6) is -0.0297. The van der Waals surface area contributed by atoms with E-state index in [1.807, 2.05) is 0 Å². The van der Waals surface area contributed by atoms with Gasteiger partial charge >= 0.3 is 5.69 Å². The van der Waals surface area contributed by atoms with Gasteiger partial charge in [0, 0.05) is 13.1 Å². The van der Waals surface area contributed by atoms with Crippen LogP contribution in [0.1, 0.15) is 13.2 Å². The number of nitrogens with one attached hydrogen (secondary N) is 1. The second kappa shape index (κ2) is 5.21. The minimum atomic E-state index is -1.05. The van der Waals surface area contributed by atoms with E-state index in [2.05, 4.69) is 10.3 Å². The lowest BCUT2D eigenvalue weighted by Gasteiger charge is -2.18. The van der Waals surface area contributed by atoms with Crippen molar-refractivity contribution in [3.63, 3.8) is 0 Å². The minimum Gasteiger partial charge on any atom is -0.469 e. The molecule has 102 valence electrons. The molecule has 1 aliphatic rings. The molecule has 0 radical (unpaired) electrons. The number of carbonyl (C=O) groups excluding carboxylic acids is 1. The normalized spacial score (nSPS) is 21.7. The predicted octanol–water partition coefficient (Wildman–Crippen LogP) is -1.03. The molecule has 19 heavy (non-hydrogen) atoms. The van der Waals surface area contributed by atoms with Crippen molar-refractivity contribution in [2.75, 3.05) is 11.9 Å². The molecule has 0 bridgehead atoms. The Balaban J connectivity index is 2.23. The SMILES string of the molecule is CC(=O)Nc1ccn([C@@H]2OC(CO)=C[C@H]2O)c(=O)n1. The number of hydrogen-bond acceptors (Lipinski definition) is 6. The molecule has 1 aromatic heterocycles. The lowest BCUT2D eigenvalue weighted by atomic mass is 10.3. The number of aromatic nitrogens is 2. The van der Waals surface area contributed by atoms with E-state index in [1.165, 1.54) is 25.3 Å². The van der Waals surface area contributed by atoms with Crippen molar-refractivity contribution in [2.45, 2.75) is 19.3 Å². The summed E-state index contributed by atoms with van der Waals surface area (Å²) in [5, 5.41) is 21.0. The molecule has 0 saturated carbocycles. The highest BCUT2D eigenvalue weighted by atomic mass is 16.5. The summed E-state index contributed by atoms with van der Waals surface area (Å²) in [4.78, 5) is 26.3. The molecule has 0 saturated heterocycles. The van der Waals surface area contributed by atoms with Crippen LogP contribution in [-0.2, 0) is 9.53 Å². The number of rotatable bonds is 3. The Labute approximate surface area is 108 Å². The first-order chi connectivity index (χ1) is 9.01. The molecular weight excluding hydrogens is 254 g/mol. The van der Waals surface area contributed by atoms with Gasteiger partial charge in [-0.3, -0.25) is 9.36 Å². The van der Waals surface area contributed by atoms with Crippen molar-refractivity contribution >= 4 is 11.7 Å². The zero-order valence-electron chi connectivity index (χ0n) is 10.1. The highest BCUT2D eigenvalue weighted by molar-refractivity contribution is 5.87. The second-order valence-corrected chi connectivity index (χ2v) is 3.97. The molecule has 3 N–H and O–H groups in total. The van der Waals surface area contributed by atoms with Crippen LogP contribution in [0, 0.1) is 0 Å². The fraction of sp³-hybridized carbons (Fsp3) is 0.364. The van der Waals surface area contributed by atoms with E-state index < -0.39 is 18.0 Å². The van der Waals surface area contributed by atoms with Crippen LogP contribution in [0.5, 0.6) is 0 Å². The van der Waals surface area contributed by atoms with Gasteiger partial charge in [-0.2, -0.15) is 4.98 Å². The van der Waals surface area contributed by atoms with E-state index in [-0.39, 0.29) is 24.1 Å². The molecule has 2 heterocycles. The standard InChI is InChI=1S/C11H13N3O5/c1-6(16)12-9-2-3-14(11(18)13-9)10-8(17)4-7(5-15)19-10/h2-4,8,10,15,17H,5H2,1H3,(H,12,13,16,18)/t8-,10-/m1/s1. The molecule has 8 heteroatoms. The number of amides is 1. The molecule has 2 atom stereocenters. The van der Waals surface area contributed by atoms with E-state index in [0.717, 1.165) is 4.57 Å². The maximum Gasteiger partial charge on any atom is 0.352 e. The van der Waals surface area contributed by atoms with Crippen LogP contribution in [0.3, 0.4) is 0 Å². The Morgan fingerprint density at radius 3 is 2.89 bits per heavy atom. The van der Waals surface area contributed by atoms with Gasteiger partial charge in [0.15, 0.2) is 0 Å². The van der Waals surface area contributed by atoms with Crippen molar-refractivity contribution in [1.29, 1.82) is 0 Å². The summed E-state index contributed by atoms with van der Waals surface area (Å²) in [6, 6.07) is 1.41. The van der Waals surface area contributed by atoms with Gasteiger partial charge in [0.1, 0.15) is 24.3 Å². The van der Waals surface area contributed by atoms with Crippen LogP contribution >= 0.6 is 0 Å². The van der Waals surface area contributed by atoms with Gasteiger partial charge in [-0.25, -0.2) is 4.79 Å². The first-order valence-corrected chi connectivity index (χ1v) is 5.54. The van der Waals surface area contributed by atoms with Gasteiger partial charge < -0.3 is 20.3 Å². The lowest BCUT2D eigenvalue weighted by molar-refractivity contribution is -0.114. The van der Waals surface area contributed by atoms with Gasteiger partial charge in [0.25, 0.3) is 0 Å². The summed E-state index contributed by atoms with van der Waals surface area (Å²) >= 11 is 0. The fourth-order valence-corrected chi connectivity index (χ4v) is 1.70. The average molecular weight is 267 g/mol. The maximum absolute atomic E-state index is 11.8. The minimum absolute atomic E-state index is 0.122. The van der Waals surface area contributed by atoms with Gasteiger partial charge in [-0.05, 0) is 12.1 Å². The average Bonchev–Trinajstić information content (AvgIpc) is 2.70. The monoisotopic (exact) mass is 267 g/mol. The zero-order chi connectivity index (χ0) is 14.0. The second-order valence-electron chi connectivity index (χ2n) is 3.97. The molecule has 0 fully saturated rings. The van der Waals surface area contributed by atoms with E-state index >= 15 is 0 Å². The summed E-state index contributed by atoms with van der Waals surface area (Å²) in [6.07, 6.45) is 0.656. The summed E-state index contributed by atoms with van der Waals surface area (Å²) in [5.41, 5.74) is -0.678. The lowest BCUT2D eigenvalue weighted by Crippen LogP contribution is -2.32. The third kappa shape index (κ3) is 2.80. The maximum atomic E-state index is 11.8. The van der Waals surface area contributed by atoms with Crippen LogP contribution in [-0.4, -0.2) is 38.4 Å². The third-order valence-electron chi connectivity index (χ3n) is 2.49. The van der Waals surface area contributed by atoms with Crippen molar-refractivity contribution in [3.05, 3.63) is 34.6 Å². The first-order valence-electron chi connectivity index (χ1n) is 5.54. The zero-order valence-corrected chi connectivity index (χ0v) is 10.1. The molecule has 1 amide bonds. The molecule has 0 aliphatic carbocycles. The Hall–Kier alpha value is -2.19. The van der Waals surface area contributed by atoms with Crippen molar-refractivity contribution in [2.24, 2.45) is 0 Å². The summed E-state index contributed by atoms with van der Waals surface area (Å²) in [7, 11) is 0. The molecule has 2 rings (SSSR count). The first kappa shape index (κ1) is 13.2. The Morgan fingerprint density at radius 2 is 2.37 bits per heavy atom. The molecule has 1 aromatic rings. The number of carbonyl (C=O) groups is 1. The van der Waals surface area contributed by atoms with E-state index in [1.54, 1.807) is 0 Å². The fourth-order valence-electron chi connectivity index (χ4n) is 1.70. The molecule has 0 unspecified atom stereocenters. The quantitative estimate of drug-likeness (QED) is 0.645. The van der Waals surface area contributed by atoms with Crippen LogP contribution in [0.2, 0.25) is 0 Å². The van der Waals surface area contributed by atoms with Gasteiger partial charge in [-0.1, -0.05) is 0 Å². The summed E-state index contributed by atoms with van der Waals surface area (Å²) in [6.45, 7) is 0.939. The molecule has 8 nitrogen and oxygen atoms in total. The van der Waals surface area contributed by atoms with Crippen molar-refractivity contribution < 1.29 is 19.7 Å². The van der Waals surface area contributed by atoms with Crippen LogP contribution < -0.4 is 11.0 Å². The smallest absolute Gasteiger partial charge is 0.352 e. The Bertz CT molecular complexity index is 580. The topological polar surface area (TPSA) is 114 Å². The molecular formula is C11H13N3O5. The van der Waals surface area contributed by atoms with Gasteiger partial charge in [0.2, 0.25) is 12.1 Å². The number of nitrogens with zero attached hydrogens (tertiary/aromatic N) is 2. The summed E-state index contributed by atoms with van der Waals surface area (Å²) < 4.78 is 6.29. The van der Waals surface area contributed by atoms with E-state index in [4.69, 9.17) is 9.84 Å². The van der Waals surface area contributed by atoms with Crippen molar-refractivity contribution in [3.8, 4) is 0 Å². The van der Waals surface area contributed by atoms with E-state index in [9.17, 15) is 14.7 Å². The number of hydrogen-bond donors (Lipinski definition) is 3. The van der Waals surface area contributed by atoms with Crippen LogP contribution in [0.15, 0.2) is 28.9 Å².